The summed E-state index contributed by atoms with van der Waals surface area (Å²) in [7, 11) is -1.72. The Kier molecular flexibility index (Phi) is 5.64. The van der Waals surface area contributed by atoms with Crippen LogP contribution in [-0.2, 0) is 4.43 Å². The van der Waals surface area contributed by atoms with Gasteiger partial charge in [0, 0.05) is 12.0 Å². The van der Waals surface area contributed by atoms with Crippen molar-refractivity contribution in [1.29, 1.82) is 0 Å². The first-order valence-corrected chi connectivity index (χ1v) is 9.28. The summed E-state index contributed by atoms with van der Waals surface area (Å²) < 4.78 is 6.17. The van der Waals surface area contributed by atoms with Crippen LogP contribution in [0.15, 0.2) is 12.7 Å². The molecule has 2 nitrogen and oxygen atoms in total. The molecule has 0 fully saturated rings. The summed E-state index contributed by atoms with van der Waals surface area (Å²) in [5.74, 6) is 0. The van der Waals surface area contributed by atoms with Crippen LogP contribution in [0, 0.1) is 5.41 Å². The molecule has 0 radical (unpaired) electrons. The van der Waals surface area contributed by atoms with Crippen LogP contribution in [0.3, 0.4) is 0 Å². The van der Waals surface area contributed by atoms with Crippen LogP contribution in [0.4, 0.5) is 0 Å². The Morgan fingerprint density at radius 1 is 1.24 bits per heavy atom. The zero-order valence-electron chi connectivity index (χ0n) is 12.6. The second-order valence-electron chi connectivity index (χ2n) is 7.08. The van der Waals surface area contributed by atoms with Gasteiger partial charge in [0.1, 0.15) is 0 Å². The topological polar surface area (TPSA) is 29.5 Å². The van der Waals surface area contributed by atoms with E-state index in [9.17, 15) is 5.11 Å². The summed E-state index contributed by atoms with van der Waals surface area (Å²) in [5.41, 5.74) is -0.219. The molecule has 102 valence electrons. The Morgan fingerprint density at radius 3 is 2.06 bits per heavy atom. The summed E-state index contributed by atoms with van der Waals surface area (Å²) in [4.78, 5) is 0. The molecule has 0 aliphatic carbocycles. The van der Waals surface area contributed by atoms with Crippen LogP contribution in [0.5, 0.6) is 0 Å². The van der Waals surface area contributed by atoms with E-state index in [1.165, 1.54) is 0 Å². The number of aliphatic hydroxyl groups excluding tert-OH is 1. The van der Waals surface area contributed by atoms with Crippen LogP contribution in [0.2, 0.25) is 18.1 Å². The highest BCUT2D eigenvalue weighted by molar-refractivity contribution is 6.74. The Labute approximate surface area is 108 Å². The molecule has 0 aromatic heterocycles. The van der Waals surface area contributed by atoms with Gasteiger partial charge in [-0.05, 0) is 24.6 Å². The summed E-state index contributed by atoms with van der Waals surface area (Å²) in [6.45, 7) is 19.5. The maximum absolute atomic E-state index is 10.0. The summed E-state index contributed by atoms with van der Waals surface area (Å²) >= 11 is 0. The van der Waals surface area contributed by atoms with Crippen molar-refractivity contribution in [2.45, 2.75) is 65.3 Å². The van der Waals surface area contributed by atoms with Gasteiger partial charge >= 0.3 is 0 Å². The average molecular weight is 258 g/mol. The lowest BCUT2D eigenvalue weighted by atomic mass is 9.86. The van der Waals surface area contributed by atoms with E-state index in [1.54, 1.807) is 6.08 Å². The quantitative estimate of drug-likeness (QED) is 0.577. The first-order valence-electron chi connectivity index (χ1n) is 6.37. The molecule has 1 atom stereocenters. The second kappa shape index (κ2) is 5.68. The van der Waals surface area contributed by atoms with Gasteiger partial charge in [0.05, 0.1) is 6.10 Å². The predicted octanol–water partition coefficient (Wildman–Crippen LogP) is 3.97. The van der Waals surface area contributed by atoms with E-state index in [2.05, 4.69) is 40.4 Å². The van der Waals surface area contributed by atoms with Crippen molar-refractivity contribution in [3.8, 4) is 0 Å². The molecule has 0 unspecified atom stereocenters. The fourth-order valence-corrected chi connectivity index (χ4v) is 2.32. The molecule has 0 saturated heterocycles. The fraction of sp³-hybridized carbons (Fsp3) is 0.857. The summed E-state index contributed by atoms with van der Waals surface area (Å²) in [6, 6.07) is 0. The van der Waals surface area contributed by atoms with Crippen molar-refractivity contribution in [1.82, 2.24) is 0 Å². The fourth-order valence-electron chi connectivity index (χ4n) is 1.16. The summed E-state index contributed by atoms with van der Waals surface area (Å²) in [6.07, 6.45) is 2.00. The van der Waals surface area contributed by atoms with Crippen LogP contribution < -0.4 is 0 Å². The maximum atomic E-state index is 10.0. The predicted molar refractivity (Wildman–Crippen MR) is 77.8 cm³/mol. The molecule has 0 bridgehead atoms. The van der Waals surface area contributed by atoms with Gasteiger partial charge in [-0.1, -0.05) is 40.7 Å². The summed E-state index contributed by atoms with van der Waals surface area (Å²) in [5, 5.41) is 10.3. The van der Waals surface area contributed by atoms with E-state index in [0.717, 1.165) is 0 Å². The molecule has 0 rings (SSSR count). The molecule has 0 heterocycles. The zero-order chi connectivity index (χ0) is 13.9. The standard InChI is InChI=1S/C14H30O2Si/c1-9-10-12(15)14(5,6)11-16-17(7,8)13(2,3)4/h9,12,15H,1,10-11H2,2-8H3/t12-/m0/s1. The molecule has 0 aliphatic heterocycles. The Balaban J connectivity index is 4.50. The Bertz CT molecular complexity index is 251. The van der Waals surface area contributed by atoms with Crippen molar-refractivity contribution in [2.75, 3.05) is 6.61 Å². The largest absolute Gasteiger partial charge is 0.416 e. The molecule has 0 spiro atoms. The van der Waals surface area contributed by atoms with Crippen molar-refractivity contribution in [3.63, 3.8) is 0 Å². The molecule has 3 heteroatoms. The van der Waals surface area contributed by atoms with Crippen molar-refractivity contribution < 1.29 is 9.53 Å². The molecular weight excluding hydrogens is 228 g/mol. The third-order valence-electron chi connectivity index (χ3n) is 3.90. The van der Waals surface area contributed by atoms with Gasteiger partial charge in [-0.25, -0.2) is 0 Å². The Morgan fingerprint density at radius 2 is 1.71 bits per heavy atom. The Hall–Kier alpha value is -0.123. The van der Waals surface area contributed by atoms with Crippen molar-refractivity contribution >= 4 is 8.32 Å². The number of aliphatic hydroxyl groups is 1. The lowest BCUT2D eigenvalue weighted by Crippen LogP contribution is -2.45. The highest BCUT2D eigenvalue weighted by atomic mass is 28.4. The zero-order valence-corrected chi connectivity index (χ0v) is 13.6. The minimum Gasteiger partial charge on any atom is -0.416 e. The first kappa shape index (κ1) is 16.9. The average Bonchev–Trinajstić information content (AvgIpc) is 2.14. The molecule has 0 aromatic rings. The number of hydrogen-bond donors (Lipinski definition) is 1. The van der Waals surface area contributed by atoms with Gasteiger partial charge in [0.2, 0.25) is 0 Å². The van der Waals surface area contributed by atoms with Crippen LogP contribution in [0.1, 0.15) is 41.0 Å². The van der Waals surface area contributed by atoms with Gasteiger partial charge in [-0.15, -0.1) is 6.58 Å². The van der Waals surface area contributed by atoms with E-state index >= 15 is 0 Å². The molecule has 0 aliphatic rings. The smallest absolute Gasteiger partial charge is 0.192 e. The molecule has 1 N–H and O–H groups in total. The number of hydrogen-bond acceptors (Lipinski definition) is 2. The van der Waals surface area contributed by atoms with Gasteiger partial charge in [-0.3, -0.25) is 0 Å². The third-order valence-corrected chi connectivity index (χ3v) is 8.38. The van der Waals surface area contributed by atoms with Crippen LogP contribution in [-0.4, -0.2) is 26.1 Å². The van der Waals surface area contributed by atoms with Gasteiger partial charge in [0.25, 0.3) is 0 Å². The van der Waals surface area contributed by atoms with E-state index in [1.807, 2.05) is 13.8 Å². The van der Waals surface area contributed by atoms with E-state index < -0.39 is 8.32 Å². The van der Waals surface area contributed by atoms with E-state index in [0.29, 0.717) is 13.0 Å². The number of rotatable bonds is 6. The molecule has 0 amide bonds. The third kappa shape index (κ3) is 4.94. The second-order valence-corrected chi connectivity index (χ2v) is 11.9. The molecular formula is C14H30O2Si. The van der Waals surface area contributed by atoms with Gasteiger partial charge < -0.3 is 9.53 Å². The van der Waals surface area contributed by atoms with Crippen LogP contribution >= 0.6 is 0 Å². The van der Waals surface area contributed by atoms with Crippen molar-refractivity contribution in [3.05, 3.63) is 12.7 Å². The lowest BCUT2D eigenvalue weighted by Gasteiger charge is -2.40. The molecule has 0 aromatic carbocycles. The van der Waals surface area contributed by atoms with E-state index in [4.69, 9.17) is 4.43 Å². The first-order chi connectivity index (χ1) is 7.44. The molecule has 0 saturated carbocycles. The van der Waals surface area contributed by atoms with Gasteiger partial charge in [-0.2, -0.15) is 0 Å². The maximum Gasteiger partial charge on any atom is 0.192 e. The normalized spacial score (nSPS) is 15.8. The highest BCUT2D eigenvalue weighted by Crippen LogP contribution is 2.38. The lowest BCUT2D eigenvalue weighted by molar-refractivity contribution is 0.0139. The van der Waals surface area contributed by atoms with Crippen LogP contribution in [0.25, 0.3) is 0 Å². The van der Waals surface area contributed by atoms with Gasteiger partial charge in [0.15, 0.2) is 8.32 Å². The van der Waals surface area contributed by atoms with Crippen molar-refractivity contribution in [2.24, 2.45) is 5.41 Å². The minimum absolute atomic E-state index is 0.215. The molecule has 17 heavy (non-hydrogen) atoms. The SMILES string of the molecule is C=CC[C@H](O)C(C)(C)CO[Si](C)(C)C(C)(C)C. The monoisotopic (exact) mass is 258 g/mol. The minimum atomic E-state index is -1.72. The van der Waals surface area contributed by atoms with E-state index in [-0.39, 0.29) is 16.6 Å². The highest BCUT2D eigenvalue weighted by Gasteiger charge is 2.39.